The van der Waals surface area contributed by atoms with Crippen LogP contribution in [0.1, 0.15) is 41.3 Å². The van der Waals surface area contributed by atoms with Crippen LogP contribution in [0.25, 0.3) is 10.9 Å². The van der Waals surface area contributed by atoms with Crippen molar-refractivity contribution in [3.05, 3.63) is 102 Å². The highest BCUT2D eigenvalue weighted by molar-refractivity contribution is 6.09. The van der Waals surface area contributed by atoms with Crippen molar-refractivity contribution in [2.24, 2.45) is 4.99 Å². The van der Waals surface area contributed by atoms with Gasteiger partial charge in [0.1, 0.15) is 0 Å². The number of aromatic amines is 1. The number of anilines is 1. The van der Waals surface area contributed by atoms with Gasteiger partial charge < -0.3 is 10.3 Å². The molecule has 4 aromatic rings. The highest BCUT2D eigenvalue weighted by Crippen LogP contribution is 2.19. The minimum absolute atomic E-state index is 0.192. The Bertz CT molecular complexity index is 1210. The van der Waals surface area contributed by atoms with Gasteiger partial charge in [0, 0.05) is 34.9 Å². The summed E-state index contributed by atoms with van der Waals surface area (Å²) in [5.41, 5.74) is 5.07. The zero-order valence-electron chi connectivity index (χ0n) is 18.4. The van der Waals surface area contributed by atoms with Crippen molar-refractivity contribution in [1.82, 2.24) is 10.3 Å². The summed E-state index contributed by atoms with van der Waals surface area (Å²) in [5, 5.41) is 7.41. The monoisotopic (exact) mass is 424 g/mol. The third-order valence-corrected chi connectivity index (χ3v) is 5.43. The average molecular weight is 425 g/mol. The number of hydrogen-bond acceptors (Lipinski definition) is 2. The van der Waals surface area contributed by atoms with Gasteiger partial charge in [0.25, 0.3) is 5.91 Å². The minimum atomic E-state index is -0.192. The first-order valence-electron chi connectivity index (χ1n) is 10.9. The van der Waals surface area contributed by atoms with E-state index >= 15 is 0 Å². The van der Waals surface area contributed by atoms with Gasteiger partial charge in [-0.1, -0.05) is 62.4 Å². The molecule has 0 saturated heterocycles. The molecule has 0 spiro atoms. The Balaban J connectivity index is 1.51. The molecule has 1 aromatic heterocycles. The molecule has 5 heteroatoms. The lowest BCUT2D eigenvalue weighted by Gasteiger charge is -2.13. The molecule has 1 amide bonds. The molecule has 0 unspecified atom stereocenters. The fraction of sp³-hybridized carbons (Fsp3) is 0.185. The number of fused-ring (bicyclic) bond motifs is 1. The number of guanidine groups is 1. The number of carbonyl (C=O) groups is 1. The van der Waals surface area contributed by atoms with Crippen molar-refractivity contribution in [2.75, 3.05) is 11.9 Å². The Morgan fingerprint density at radius 1 is 0.938 bits per heavy atom. The number of aromatic nitrogens is 1. The van der Waals surface area contributed by atoms with E-state index in [2.05, 4.69) is 58.7 Å². The largest absolute Gasteiger partial charge is 0.361 e. The van der Waals surface area contributed by atoms with Crippen LogP contribution in [0.5, 0.6) is 0 Å². The Labute approximate surface area is 188 Å². The quantitative estimate of drug-likeness (QED) is 0.273. The number of amides is 1. The Hall–Kier alpha value is -3.86. The van der Waals surface area contributed by atoms with E-state index < -0.39 is 0 Å². The van der Waals surface area contributed by atoms with E-state index in [0.29, 0.717) is 24.0 Å². The molecule has 162 valence electrons. The first-order chi connectivity index (χ1) is 15.6. The van der Waals surface area contributed by atoms with E-state index in [1.165, 1.54) is 16.5 Å². The molecule has 3 aromatic carbocycles. The van der Waals surface area contributed by atoms with Crippen molar-refractivity contribution in [1.29, 1.82) is 0 Å². The number of benzene rings is 3. The smallest absolute Gasteiger partial charge is 0.257 e. The summed E-state index contributed by atoms with van der Waals surface area (Å²) in [6.45, 7) is 4.88. The van der Waals surface area contributed by atoms with Crippen LogP contribution in [0.3, 0.4) is 0 Å². The number of carbonyl (C=O) groups excluding carboxylic acids is 1. The van der Waals surface area contributed by atoms with Gasteiger partial charge in [-0.3, -0.25) is 15.1 Å². The van der Waals surface area contributed by atoms with Crippen LogP contribution in [0, 0.1) is 0 Å². The van der Waals surface area contributed by atoms with Crippen molar-refractivity contribution in [2.45, 2.75) is 26.2 Å². The number of nitrogens with zero attached hydrogens (tertiary/aromatic N) is 1. The maximum atomic E-state index is 12.7. The molecule has 0 saturated carbocycles. The molecule has 0 atom stereocenters. The number of H-pyrrole nitrogens is 1. The molecule has 4 rings (SSSR count). The number of hydrogen-bond donors (Lipinski definition) is 3. The normalized spacial score (nSPS) is 11.7. The van der Waals surface area contributed by atoms with Gasteiger partial charge >= 0.3 is 0 Å². The Kier molecular flexibility index (Phi) is 6.66. The van der Waals surface area contributed by atoms with Crippen LogP contribution in [-0.4, -0.2) is 23.4 Å². The van der Waals surface area contributed by atoms with Crippen LogP contribution in [0.15, 0.2) is 90.1 Å². The topological polar surface area (TPSA) is 69.3 Å². The third kappa shape index (κ3) is 5.24. The molecule has 0 radical (unpaired) electrons. The summed E-state index contributed by atoms with van der Waals surface area (Å²) < 4.78 is 0. The highest BCUT2D eigenvalue weighted by atomic mass is 16.1. The van der Waals surface area contributed by atoms with Crippen LogP contribution in [0.4, 0.5) is 5.69 Å². The lowest BCUT2D eigenvalue weighted by atomic mass is 10.0. The number of nitrogens with one attached hydrogen (secondary N) is 3. The number of aliphatic imine (C=N–C) groups is 1. The van der Waals surface area contributed by atoms with Crippen LogP contribution >= 0.6 is 0 Å². The molecule has 32 heavy (non-hydrogen) atoms. The maximum absolute atomic E-state index is 12.7. The summed E-state index contributed by atoms with van der Waals surface area (Å²) in [6.07, 6.45) is 2.79. The maximum Gasteiger partial charge on any atom is 0.257 e. The van der Waals surface area contributed by atoms with Crippen molar-refractivity contribution >= 4 is 28.5 Å². The third-order valence-electron chi connectivity index (χ3n) is 5.43. The highest BCUT2D eigenvalue weighted by Gasteiger charge is 2.10. The number of para-hydroxylation sites is 1. The van der Waals surface area contributed by atoms with E-state index in [1.807, 2.05) is 48.7 Å². The lowest BCUT2D eigenvalue weighted by Crippen LogP contribution is -2.36. The fourth-order valence-corrected chi connectivity index (χ4v) is 3.59. The van der Waals surface area contributed by atoms with Crippen LogP contribution in [-0.2, 0) is 6.42 Å². The molecule has 1 heterocycles. The summed E-state index contributed by atoms with van der Waals surface area (Å²) in [7, 11) is 0. The number of rotatable bonds is 6. The van der Waals surface area contributed by atoms with Crippen LogP contribution in [0.2, 0.25) is 0 Å². The van der Waals surface area contributed by atoms with Gasteiger partial charge in [-0.2, -0.15) is 0 Å². The SMILES string of the molecule is CC(C)c1ccc(NC(=NCCc2c[nH]c3ccccc23)NC(=O)c2ccccc2)cc1. The van der Waals surface area contributed by atoms with Gasteiger partial charge in [-0.15, -0.1) is 0 Å². The van der Waals surface area contributed by atoms with E-state index in [4.69, 9.17) is 0 Å². The predicted octanol–water partition coefficient (Wildman–Crippen LogP) is 5.73. The van der Waals surface area contributed by atoms with Crippen molar-refractivity contribution in [3.63, 3.8) is 0 Å². The lowest BCUT2D eigenvalue weighted by molar-refractivity contribution is 0.0977. The Morgan fingerprint density at radius 3 is 2.41 bits per heavy atom. The average Bonchev–Trinajstić information content (AvgIpc) is 3.23. The van der Waals surface area contributed by atoms with Gasteiger partial charge in [0.05, 0.1) is 0 Å². The summed E-state index contributed by atoms with van der Waals surface area (Å²) in [5.74, 6) is 0.713. The molecule has 5 nitrogen and oxygen atoms in total. The first kappa shape index (κ1) is 21.4. The van der Waals surface area contributed by atoms with E-state index in [9.17, 15) is 4.79 Å². The second-order valence-electron chi connectivity index (χ2n) is 8.06. The molecule has 0 aliphatic rings. The zero-order valence-corrected chi connectivity index (χ0v) is 18.4. The van der Waals surface area contributed by atoms with Gasteiger partial charge in [0.15, 0.2) is 0 Å². The second kappa shape index (κ2) is 9.96. The molecule has 0 bridgehead atoms. The zero-order chi connectivity index (χ0) is 22.3. The summed E-state index contributed by atoms with van der Waals surface area (Å²) in [4.78, 5) is 20.7. The van der Waals surface area contributed by atoms with Crippen LogP contribution < -0.4 is 10.6 Å². The van der Waals surface area contributed by atoms with Gasteiger partial charge in [-0.25, -0.2) is 0 Å². The minimum Gasteiger partial charge on any atom is -0.361 e. The van der Waals surface area contributed by atoms with E-state index in [0.717, 1.165) is 17.6 Å². The predicted molar refractivity (Wildman–Crippen MR) is 132 cm³/mol. The first-order valence-corrected chi connectivity index (χ1v) is 10.9. The van der Waals surface area contributed by atoms with Crippen molar-refractivity contribution < 1.29 is 4.79 Å². The van der Waals surface area contributed by atoms with Crippen molar-refractivity contribution in [3.8, 4) is 0 Å². The van der Waals surface area contributed by atoms with Gasteiger partial charge in [0.2, 0.25) is 5.96 Å². The molecule has 0 fully saturated rings. The van der Waals surface area contributed by atoms with E-state index in [-0.39, 0.29) is 5.91 Å². The molecule has 0 aliphatic carbocycles. The summed E-state index contributed by atoms with van der Waals surface area (Å²) in [6, 6.07) is 25.6. The van der Waals surface area contributed by atoms with Gasteiger partial charge in [-0.05, 0) is 53.8 Å². The van der Waals surface area contributed by atoms with E-state index in [1.54, 1.807) is 12.1 Å². The standard InChI is InChI=1S/C27H28N4O/c1-19(2)20-12-14-23(15-13-20)30-27(31-26(32)21-8-4-3-5-9-21)28-17-16-22-18-29-25-11-7-6-10-24(22)25/h3-15,18-19,29H,16-17H2,1-2H3,(H2,28,30,31,32). The molecule has 0 aliphatic heterocycles. The molecular weight excluding hydrogens is 396 g/mol. The molecule has 3 N–H and O–H groups in total. The summed E-state index contributed by atoms with van der Waals surface area (Å²) >= 11 is 0. The molecular formula is C27H28N4O. The Morgan fingerprint density at radius 2 is 1.66 bits per heavy atom. The fourth-order valence-electron chi connectivity index (χ4n) is 3.59. The second-order valence-corrected chi connectivity index (χ2v) is 8.06.